The Hall–Kier alpha value is -1.82. The van der Waals surface area contributed by atoms with Crippen molar-refractivity contribution in [1.82, 2.24) is 24.9 Å². The van der Waals surface area contributed by atoms with Crippen molar-refractivity contribution in [2.45, 2.75) is 40.3 Å². The maximum atomic E-state index is 12.2. The third-order valence-corrected chi connectivity index (χ3v) is 3.55. The molecular formula is C14H20ClN5O. The van der Waals surface area contributed by atoms with Crippen molar-refractivity contribution in [3.8, 4) is 0 Å². The van der Waals surface area contributed by atoms with Crippen LogP contribution < -0.4 is 5.32 Å². The Morgan fingerprint density at radius 3 is 2.76 bits per heavy atom. The molecule has 0 atom stereocenters. The topological polar surface area (TPSA) is 64.7 Å². The highest BCUT2D eigenvalue weighted by Crippen LogP contribution is 2.12. The maximum Gasteiger partial charge on any atom is 0.255 e. The van der Waals surface area contributed by atoms with Crippen molar-refractivity contribution < 1.29 is 4.79 Å². The predicted molar refractivity (Wildman–Crippen MR) is 81.6 cm³/mol. The minimum atomic E-state index is -0.0665. The number of halogens is 1. The van der Waals surface area contributed by atoms with Crippen molar-refractivity contribution in [2.24, 2.45) is 0 Å². The smallest absolute Gasteiger partial charge is 0.255 e. The summed E-state index contributed by atoms with van der Waals surface area (Å²) in [6.07, 6.45) is 4.17. The zero-order valence-corrected chi connectivity index (χ0v) is 13.3. The van der Waals surface area contributed by atoms with Gasteiger partial charge in [0.05, 0.1) is 22.5 Å². The zero-order valence-electron chi connectivity index (χ0n) is 12.6. The normalized spacial score (nSPS) is 10.9. The van der Waals surface area contributed by atoms with E-state index in [1.165, 1.54) is 0 Å². The Balaban J connectivity index is 1.86. The van der Waals surface area contributed by atoms with Gasteiger partial charge in [0.25, 0.3) is 5.91 Å². The summed E-state index contributed by atoms with van der Waals surface area (Å²) < 4.78 is 3.61. The van der Waals surface area contributed by atoms with E-state index >= 15 is 0 Å². The lowest BCUT2D eigenvalue weighted by Gasteiger charge is -2.06. The third-order valence-electron chi connectivity index (χ3n) is 3.36. The lowest BCUT2D eigenvalue weighted by atomic mass is 10.2. The molecule has 1 amide bonds. The summed E-state index contributed by atoms with van der Waals surface area (Å²) >= 11 is 5.79. The fourth-order valence-corrected chi connectivity index (χ4v) is 2.48. The molecule has 1 N–H and O–H groups in total. The van der Waals surface area contributed by atoms with Gasteiger partial charge < -0.3 is 5.32 Å². The van der Waals surface area contributed by atoms with Gasteiger partial charge in [-0.15, -0.1) is 0 Å². The van der Waals surface area contributed by atoms with E-state index in [4.69, 9.17) is 11.6 Å². The molecular weight excluding hydrogens is 290 g/mol. The van der Waals surface area contributed by atoms with Crippen LogP contribution in [0.4, 0.5) is 0 Å². The number of carbonyl (C=O) groups is 1. The molecule has 0 aliphatic carbocycles. The van der Waals surface area contributed by atoms with E-state index < -0.39 is 0 Å². The first-order chi connectivity index (χ1) is 10.0. The van der Waals surface area contributed by atoms with Crippen molar-refractivity contribution in [2.75, 3.05) is 6.54 Å². The summed E-state index contributed by atoms with van der Waals surface area (Å²) in [6.45, 7) is 7.87. The number of aromatic nitrogens is 4. The van der Waals surface area contributed by atoms with Gasteiger partial charge in [0, 0.05) is 31.5 Å². The molecule has 6 nitrogen and oxygen atoms in total. The Labute approximate surface area is 129 Å². The second-order valence-corrected chi connectivity index (χ2v) is 5.33. The average molecular weight is 310 g/mol. The van der Waals surface area contributed by atoms with Gasteiger partial charge in [-0.2, -0.15) is 10.2 Å². The lowest BCUT2D eigenvalue weighted by Crippen LogP contribution is -2.26. The number of aryl methyl sites for hydroxylation is 3. The molecule has 2 rings (SSSR count). The Morgan fingerprint density at radius 1 is 1.43 bits per heavy atom. The highest BCUT2D eigenvalue weighted by Gasteiger charge is 2.17. The van der Waals surface area contributed by atoms with Crippen molar-refractivity contribution >= 4 is 17.5 Å². The van der Waals surface area contributed by atoms with Crippen LogP contribution >= 0.6 is 11.6 Å². The molecule has 114 valence electrons. The minimum Gasteiger partial charge on any atom is -0.352 e. The fraction of sp³-hybridized carbons (Fsp3) is 0.500. The molecule has 0 radical (unpaired) electrons. The van der Waals surface area contributed by atoms with Crippen molar-refractivity contribution in [1.29, 1.82) is 0 Å². The van der Waals surface area contributed by atoms with Crippen LogP contribution in [-0.2, 0) is 13.1 Å². The predicted octanol–water partition coefficient (Wildman–Crippen LogP) is 2.19. The molecule has 0 spiro atoms. The van der Waals surface area contributed by atoms with Crippen LogP contribution in [0.2, 0.25) is 5.02 Å². The zero-order chi connectivity index (χ0) is 15.4. The van der Waals surface area contributed by atoms with Crippen LogP contribution in [0.1, 0.15) is 35.1 Å². The van der Waals surface area contributed by atoms with E-state index in [0.29, 0.717) is 17.1 Å². The quantitative estimate of drug-likeness (QED) is 0.832. The molecule has 2 heterocycles. The largest absolute Gasteiger partial charge is 0.352 e. The number of carbonyl (C=O) groups excluding carboxylic acids is 1. The molecule has 0 aromatic carbocycles. The Morgan fingerprint density at radius 2 is 2.19 bits per heavy atom. The van der Waals surface area contributed by atoms with Gasteiger partial charge >= 0.3 is 0 Å². The standard InChI is InChI=1S/C14H20ClN5O/c1-4-20-11(3)13(10(2)18-20)14(21)16-6-5-7-19-9-12(15)8-17-19/h8-9H,4-7H2,1-3H3,(H,16,21). The van der Waals surface area contributed by atoms with Gasteiger partial charge in [-0.1, -0.05) is 11.6 Å². The first-order valence-electron chi connectivity index (χ1n) is 7.03. The molecule has 0 bridgehead atoms. The van der Waals surface area contributed by atoms with E-state index in [-0.39, 0.29) is 5.91 Å². The van der Waals surface area contributed by atoms with Crippen molar-refractivity contribution in [3.63, 3.8) is 0 Å². The van der Waals surface area contributed by atoms with Crippen LogP contribution in [0, 0.1) is 13.8 Å². The van der Waals surface area contributed by atoms with Crippen LogP contribution in [0.5, 0.6) is 0 Å². The fourth-order valence-electron chi connectivity index (χ4n) is 2.33. The summed E-state index contributed by atoms with van der Waals surface area (Å²) in [6, 6.07) is 0. The first kappa shape index (κ1) is 15.6. The Kier molecular flexibility index (Phi) is 5.01. The highest BCUT2D eigenvalue weighted by molar-refractivity contribution is 6.30. The van der Waals surface area contributed by atoms with Gasteiger partial charge in [-0.3, -0.25) is 14.2 Å². The third kappa shape index (κ3) is 3.64. The molecule has 0 aliphatic heterocycles. The van der Waals surface area contributed by atoms with Crippen LogP contribution in [0.3, 0.4) is 0 Å². The van der Waals surface area contributed by atoms with E-state index in [0.717, 1.165) is 30.9 Å². The van der Waals surface area contributed by atoms with Gasteiger partial charge in [0.2, 0.25) is 0 Å². The molecule has 7 heteroatoms. The number of hydrogen-bond acceptors (Lipinski definition) is 3. The van der Waals surface area contributed by atoms with Crippen LogP contribution in [-0.4, -0.2) is 32.0 Å². The minimum absolute atomic E-state index is 0.0665. The van der Waals surface area contributed by atoms with E-state index in [1.807, 2.05) is 25.5 Å². The first-order valence-corrected chi connectivity index (χ1v) is 7.41. The summed E-state index contributed by atoms with van der Waals surface area (Å²) in [7, 11) is 0. The second kappa shape index (κ2) is 6.76. The lowest BCUT2D eigenvalue weighted by molar-refractivity contribution is 0.0951. The molecule has 0 saturated heterocycles. The SMILES string of the molecule is CCn1nc(C)c(C(=O)NCCCn2cc(Cl)cn2)c1C. The molecule has 0 unspecified atom stereocenters. The number of nitrogens with zero attached hydrogens (tertiary/aromatic N) is 4. The van der Waals surface area contributed by atoms with Crippen molar-refractivity contribution in [3.05, 3.63) is 34.4 Å². The molecule has 2 aromatic heterocycles. The summed E-state index contributed by atoms with van der Waals surface area (Å²) in [5.74, 6) is -0.0665. The van der Waals surface area contributed by atoms with Gasteiger partial charge in [0.15, 0.2) is 0 Å². The molecule has 0 saturated carbocycles. The summed E-state index contributed by atoms with van der Waals surface area (Å²) in [5, 5.41) is 12.0. The molecule has 0 fully saturated rings. The van der Waals surface area contributed by atoms with E-state index in [2.05, 4.69) is 15.5 Å². The van der Waals surface area contributed by atoms with Gasteiger partial charge in [0.1, 0.15) is 0 Å². The number of hydrogen-bond donors (Lipinski definition) is 1. The second-order valence-electron chi connectivity index (χ2n) is 4.89. The summed E-state index contributed by atoms with van der Waals surface area (Å²) in [5.41, 5.74) is 2.36. The van der Waals surface area contributed by atoms with Gasteiger partial charge in [-0.25, -0.2) is 0 Å². The monoisotopic (exact) mass is 309 g/mol. The van der Waals surface area contributed by atoms with E-state index in [1.54, 1.807) is 17.1 Å². The highest BCUT2D eigenvalue weighted by atomic mass is 35.5. The van der Waals surface area contributed by atoms with E-state index in [9.17, 15) is 4.79 Å². The van der Waals surface area contributed by atoms with Crippen LogP contribution in [0.25, 0.3) is 0 Å². The van der Waals surface area contributed by atoms with Gasteiger partial charge in [-0.05, 0) is 27.2 Å². The molecule has 0 aliphatic rings. The molecule has 21 heavy (non-hydrogen) atoms. The maximum absolute atomic E-state index is 12.2. The summed E-state index contributed by atoms with van der Waals surface area (Å²) in [4.78, 5) is 12.2. The number of rotatable bonds is 6. The average Bonchev–Trinajstić information content (AvgIpc) is 2.98. The van der Waals surface area contributed by atoms with Crippen LogP contribution in [0.15, 0.2) is 12.4 Å². The number of amides is 1. The molecule has 2 aromatic rings. The Bertz CT molecular complexity index is 631. The number of nitrogens with one attached hydrogen (secondary N) is 1.